The fourth-order valence-electron chi connectivity index (χ4n) is 11.7. The number of nitrogens with zero attached hydrogens (tertiary/aromatic N) is 4. The van der Waals surface area contributed by atoms with E-state index in [0.717, 1.165) is 105 Å². The van der Waals surface area contributed by atoms with Crippen LogP contribution in [0.4, 0.5) is 0 Å². The van der Waals surface area contributed by atoms with E-state index in [0.29, 0.717) is 17.5 Å². The highest BCUT2D eigenvalue weighted by Gasteiger charge is 2.23. The highest BCUT2D eigenvalue weighted by Crippen LogP contribution is 2.45. The number of hydrogen-bond acceptors (Lipinski definition) is 5. The third-order valence-corrected chi connectivity index (χ3v) is 15.5. The zero-order valence-corrected chi connectivity index (χ0v) is 41.4. The van der Waals surface area contributed by atoms with Crippen LogP contribution >= 0.6 is 0 Å². The van der Waals surface area contributed by atoms with Crippen LogP contribution in [0.25, 0.3) is 160 Å². The summed E-state index contributed by atoms with van der Waals surface area (Å²) >= 11 is 0. The molecule has 4 heterocycles. The Morgan fingerprint density at radius 3 is 1.64 bits per heavy atom. The molecule has 16 rings (SSSR count). The third-order valence-electron chi connectivity index (χ3n) is 15.5. The van der Waals surface area contributed by atoms with Crippen LogP contribution in [0.2, 0.25) is 0 Å². The van der Waals surface area contributed by atoms with E-state index >= 15 is 0 Å². The van der Waals surface area contributed by atoms with E-state index in [1.165, 1.54) is 37.9 Å². The molecule has 0 unspecified atom stereocenters. The van der Waals surface area contributed by atoms with Crippen molar-refractivity contribution in [1.29, 1.82) is 0 Å². The first-order chi connectivity index (χ1) is 38.1. The second-order valence-corrected chi connectivity index (χ2v) is 19.9. The maximum Gasteiger partial charge on any atom is 0.164 e. The van der Waals surface area contributed by atoms with Crippen LogP contribution in [-0.4, -0.2) is 19.5 Å². The summed E-state index contributed by atoms with van der Waals surface area (Å²) in [4.78, 5) is 15.9. The van der Waals surface area contributed by atoms with Gasteiger partial charge in [-0.15, -0.1) is 0 Å². The van der Waals surface area contributed by atoms with Gasteiger partial charge in [0.25, 0.3) is 0 Å². The second kappa shape index (κ2) is 17.1. The molecule has 6 heteroatoms. The number of fused-ring (bicyclic) bond motifs is 11. The Kier molecular flexibility index (Phi) is 9.53. The normalized spacial score (nSPS) is 11.9. The molecule has 0 bridgehead atoms. The molecule has 0 spiro atoms. The zero-order chi connectivity index (χ0) is 50.6. The van der Waals surface area contributed by atoms with Crippen LogP contribution in [0, 0.1) is 0 Å². The topological polar surface area (TPSA) is 69.9 Å². The van der Waals surface area contributed by atoms with Gasteiger partial charge in [-0.05, 0) is 97.9 Å². The molecular formula is C71H42N4O2. The van der Waals surface area contributed by atoms with E-state index in [9.17, 15) is 0 Å². The lowest BCUT2D eigenvalue weighted by Crippen LogP contribution is -2.00. The van der Waals surface area contributed by atoms with Crippen molar-refractivity contribution in [3.8, 4) is 73.2 Å². The average molecular weight is 983 g/mol. The van der Waals surface area contributed by atoms with Crippen LogP contribution in [-0.2, 0) is 0 Å². The summed E-state index contributed by atoms with van der Waals surface area (Å²) in [5.74, 6) is 1.64. The van der Waals surface area contributed by atoms with Crippen LogP contribution in [0.3, 0.4) is 0 Å². The fraction of sp³-hybridized carbons (Fsp3) is 0. The van der Waals surface area contributed by atoms with Gasteiger partial charge in [-0.1, -0.05) is 200 Å². The van der Waals surface area contributed by atoms with Gasteiger partial charge in [-0.2, -0.15) is 0 Å². The van der Waals surface area contributed by atoms with Crippen molar-refractivity contribution < 1.29 is 8.83 Å². The monoisotopic (exact) mass is 982 g/mol. The Balaban J connectivity index is 0.928. The molecular weight excluding hydrogens is 941 g/mol. The van der Waals surface area contributed by atoms with Gasteiger partial charge in [0, 0.05) is 60.6 Å². The Hall–Kier alpha value is -10.4. The molecule has 0 saturated carbocycles. The largest absolute Gasteiger partial charge is 0.456 e. The molecule has 0 amide bonds. The summed E-state index contributed by atoms with van der Waals surface area (Å²) in [6.45, 7) is 0. The molecule has 12 aromatic carbocycles. The van der Waals surface area contributed by atoms with E-state index in [1.807, 2.05) is 42.5 Å². The van der Waals surface area contributed by atoms with Gasteiger partial charge >= 0.3 is 0 Å². The first-order valence-corrected chi connectivity index (χ1v) is 26.0. The molecule has 0 saturated heterocycles. The second-order valence-electron chi connectivity index (χ2n) is 19.9. The predicted octanol–water partition coefficient (Wildman–Crippen LogP) is 19.1. The molecule has 6 nitrogen and oxygen atoms in total. The summed E-state index contributed by atoms with van der Waals surface area (Å²) in [5.41, 5.74) is 15.6. The molecule has 0 N–H and O–H groups in total. The minimum absolute atomic E-state index is 0.537. The number of para-hydroxylation sites is 2. The van der Waals surface area contributed by atoms with Gasteiger partial charge in [-0.3, -0.25) is 0 Å². The Bertz CT molecular complexity index is 5020. The molecule has 0 aliphatic rings. The number of benzene rings is 12. The molecule has 0 aliphatic carbocycles. The van der Waals surface area contributed by atoms with E-state index in [-0.39, 0.29) is 0 Å². The van der Waals surface area contributed by atoms with E-state index in [2.05, 4.69) is 217 Å². The average Bonchev–Trinajstić information content (AvgIpc) is 4.29. The summed E-state index contributed by atoms with van der Waals surface area (Å²) < 4.78 is 15.8. The maximum atomic E-state index is 7.02. The maximum absolute atomic E-state index is 7.02. The zero-order valence-electron chi connectivity index (χ0n) is 41.4. The van der Waals surface area contributed by atoms with Crippen LogP contribution < -0.4 is 0 Å². The molecule has 77 heavy (non-hydrogen) atoms. The molecule has 0 radical (unpaired) electrons. The van der Waals surface area contributed by atoms with Gasteiger partial charge in [0.1, 0.15) is 22.3 Å². The highest BCUT2D eigenvalue weighted by molar-refractivity contribution is 6.17. The Morgan fingerprint density at radius 1 is 0.260 bits per heavy atom. The number of aromatic nitrogens is 4. The van der Waals surface area contributed by atoms with Crippen molar-refractivity contribution in [2.75, 3.05) is 0 Å². The lowest BCUT2D eigenvalue weighted by Gasteiger charge is -2.16. The summed E-state index contributed by atoms with van der Waals surface area (Å²) in [6, 6.07) is 90.1. The highest BCUT2D eigenvalue weighted by atomic mass is 16.3. The van der Waals surface area contributed by atoms with Gasteiger partial charge in [0.2, 0.25) is 0 Å². The summed E-state index contributed by atoms with van der Waals surface area (Å²) in [7, 11) is 0. The smallest absolute Gasteiger partial charge is 0.164 e. The third kappa shape index (κ3) is 7.00. The van der Waals surface area contributed by atoms with Crippen LogP contribution in [0.1, 0.15) is 0 Å². The first kappa shape index (κ1) is 43.0. The molecule has 4 aromatic heterocycles. The van der Waals surface area contributed by atoms with Crippen molar-refractivity contribution in [1.82, 2.24) is 19.5 Å². The minimum atomic E-state index is 0.537. The molecule has 358 valence electrons. The first-order valence-electron chi connectivity index (χ1n) is 26.0. The van der Waals surface area contributed by atoms with Crippen molar-refractivity contribution >= 4 is 87.2 Å². The van der Waals surface area contributed by atoms with Crippen molar-refractivity contribution in [2.24, 2.45) is 0 Å². The minimum Gasteiger partial charge on any atom is -0.456 e. The number of rotatable bonds is 7. The molecule has 0 aliphatic heterocycles. The summed E-state index contributed by atoms with van der Waals surface area (Å²) in [5, 5.41) is 11.2. The predicted molar refractivity (Wildman–Crippen MR) is 316 cm³/mol. The molecule has 0 atom stereocenters. The van der Waals surface area contributed by atoms with Crippen molar-refractivity contribution in [3.05, 3.63) is 255 Å². The van der Waals surface area contributed by atoms with Crippen LogP contribution in [0.15, 0.2) is 264 Å². The van der Waals surface area contributed by atoms with Gasteiger partial charge in [-0.25, -0.2) is 15.0 Å². The van der Waals surface area contributed by atoms with Gasteiger partial charge in [0.15, 0.2) is 17.5 Å². The van der Waals surface area contributed by atoms with E-state index in [1.54, 1.807) is 0 Å². The number of furan rings is 2. The fourth-order valence-corrected chi connectivity index (χ4v) is 11.7. The van der Waals surface area contributed by atoms with Gasteiger partial charge < -0.3 is 13.4 Å². The van der Waals surface area contributed by atoms with E-state index in [4.69, 9.17) is 23.8 Å². The lowest BCUT2D eigenvalue weighted by atomic mass is 9.94. The Labute approximate surface area is 441 Å². The lowest BCUT2D eigenvalue weighted by molar-refractivity contribution is 0.668. The van der Waals surface area contributed by atoms with Crippen LogP contribution in [0.5, 0.6) is 0 Å². The number of hydrogen-bond donors (Lipinski definition) is 0. The quantitative estimate of drug-likeness (QED) is 0.159. The molecule has 16 aromatic rings. The van der Waals surface area contributed by atoms with Crippen molar-refractivity contribution in [3.63, 3.8) is 0 Å². The molecule has 0 fully saturated rings. The SMILES string of the molecule is c1ccc(-c2ccc(-c3nc(-c4ccc5c(c4)oc4ccccc45)nc(-c4cccc5oc6cc(-n7c8ccccc8c8cc9ccccc9cc87)c(-c7ccc(-c8cccc9ccccc89)cc7)cc6c45)n3)cc2)cc1. The standard InChI is InChI=1S/C71H42N4O2/c1-2-14-43(15-3-1)44-28-34-48(35-29-44)69-72-70(51-36-37-56-55-22-9-11-26-64(55)76-66(56)40-51)74-71(73-69)57-24-13-27-65-68(57)60-41-58(47-32-30-46(31-33-47)53-23-12-19-45-16-6-7-20-52(45)53)63(42-67(60)77-65)75-61-25-10-8-21-54(61)59-38-49-17-4-5-18-50(49)39-62(59)75/h1-42H. The van der Waals surface area contributed by atoms with Gasteiger partial charge in [0.05, 0.1) is 16.7 Å². The Morgan fingerprint density at radius 2 is 0.805 bits per heavy atom. The summed E-state index contributed by atoms with van der Waals surface area (Å²) in [6.07, 6.45) is 0. The van der Waals surface area contributed by atoms with E-state index < -0.39 is 0 Å². The van der Waals surface area contributed by atoms with Crippen molar-refractivity contribution in [2.45, 2.75) is 0 Å².